The average Bonchev–Trinajstić information content (AvgIpc) is 2.87. The molecule has 2 rings (SSSR count). The summed E-state index contributed by atoms with van der Waals surface area (Å²) in [6.45, 7) is 5.16. The maximum absolute atomic E-state index is 6.38. The average molecular weight is 456 g/mol. The molecule has 3 nitrogen and oxygen atoms in total. The van der Waals surface area contributed by atoms with Gasteiger partial charge in [0.1, 0.15) is 5.15 Å². The van der Waals surface area contributed by atoms with Gasteiger partial charge in [-0.3, -0.25) is 4.68 Å². The molecular formula is C14H18Br2ClN3S. The maximum Gasteiger partial charge on any atom is 0.130 e. The minimum absolute atomic E-state index is 0.224. The highest BCUT2D eigenvalue weighted by Gasteiger charge is 2.21. The highest BCUT2D eigenvalue weighted by Crippen LogP contribution is 2.37. The van der Waals surface area contributed by atoms with Crippen LogP contribution in [0.1, 0.15) is 36.2 Å². The van der Waals surface area contributed by atoms with E-state index in [1.54, 1.807) is 16.0 Å². The molecule has 2 heterocycles. The third-order valence-electron chi connectivity index (χ3n) is 3.38. The summed E-state index contributed by atoms with van der Waals surface area (Å²) >= 11 is 15.3. The lowest BCUT2D eigenvalue weighted by Gasteiger charge is -2.18. The first kappa shape index (κ1) is 17.5. The molecule has 0 amide bonds. The van der Waals surface area contributed by atoms with Crippen molar-refractivity contribution in [2.75, 3.05) is 6.54 Å². The van der Waals surface area contributed by atoms with E-state index in [4.69, 9.17) is 11.6 Å². The number of hydrogen-bond donors (Lipinski definition) is 1. The first-order valence-electron chi connectivity index (χ1n) is 6.80. The summed E-state index contributed by atoms with van der Waals surface area (Å²) in [5.74, 6) is 0. The molecule has 21 heavy (non-hydrogen) atoms. The summed E-state index contributed by atoms with van der Waals surface area (Å²) in [4.78, 5) is 0. The third-order valence-corrected chi connectivity index (χ3v) is 6.24. The van der Waals surface area contributed by atoms with Crippen LogP contribution in [0.3, 0.4) is 0 Å². The van der Waals surface area contributed by atoms with Gasteiger partial charge in [0, 0.05) is 18.7 Å². The van der Waals surface area contributed by atoms with Gasteiger partial charge < -0.3 is 5.32 Å². The normalized spacial score (nSPS) is 12.9. The Bertz CT molecular complexity index is 624. The van der Waals surface area contributed by atoms with E-state index in [1.807, 2.05) is 14.0 Å². The van der Waals surface area contributed by atoms with Gasteiger partial charge in [-0.05, 0) is 69.8 Å². The Kier molecular flexibility index (Phi) is 6.32. The van der Waals surface area contributed by atoms with Crippen molar-refractivity contribution < 1.29 is 0 Å². The Morgan fingerprint density at radius 3 is 2.67 bits per heavy atom. The quantitative estimate of drug-likeness (QED) is 0.645. The Morgan fingerprint density at radius 1 is 1.48 bits per heavy atom. The third kappa shape index (κ3) is 4.10. The fourth-order valence-electron chi connectivity index (χ4n) is 2.31. The van der Waals surface area contributed by atoms with Crippen LogP contribution in [0.2, 0.25) is 5.15 Å². The standard InChI is InChI=1S/C14H18Br2ClN3S/c1-4-5-18-11(10-7-12(15)21-13(10)16)6-9-8(2)19-20(3)14(9)17/h7,11,18H,4-6H2,1-3H3. The van der Waals surface area contributed by atoms with Gasteiger partial charge in [0.05, 0.1) is 13.3 Å². The Labute approximate surface area is 151 Å². The summed E-state index contributed by atoms with van der Waals surface area (Å²) in [6.07, 6.45) is 1.93. The number of nitrogens with zero attached hydrogens (tertiary/aromatic N) is 2. The lowest BCUT2D eigenvalue weighted by Crippen LogP contribution is -2.24. The van der Waals surface area contributed by atoms with Gasteiger partial charge in [0.2, 0.25) is 0 Å². The van der Waals surface area contributed by atoms with E-state index in [0.29, 0.717) is 0 Å². The summed E-state index contributed by atoms with van der Waals surface area (Å²) in [5.41, 5.74) is 3.37. The van der Waals surface area contributed by atoms with Gasteiger partial charge in [0.25, 0.3) is 0 Å². The molecule has 1 N–H and O–H groups in total. The van der Waals surface area contributed by atoms with Crippen LogP contribution in [0.25, 0.3) is 0 Å². The second kappa shape index (κ2) is 7.59. The van der Waals surface area contributed by atoms with Gasteiger partial charge >= 0.3 is 0 Å². The summed E-state index contributed by atoms with van der Waals surface area (Å²) < 4.78 is 4.02. The Morgan fingerprint density at radius 2 is 2.19 bits per heavy atom. The molecule has 116 valence electrons. The van der Waals surface area contributed by atoms with Gasteiger partial charge in [-0.2, -0.15) is 5.10 Å². The molecule has 0 aliphatic heterocycles. The van der Waals surface area contributed by atoms with Crippen molar-refractivity contribution in [3.05, 3.63) is 35.6 Å². The molecule has 0 saturated carbocycles. The minimum atomic E-state index is 0.224. The van der Waals surface area contributed by atoms with Crippen molar-refractivity contribution in [3.8, 4) is 0 Å². The van der Waals surface area contributed by atoms with Crippen LogP contribution < -0.4 is 5.32 Å². The second-order valence-corrected chi connectivity index (χ2v) is 9.08. The van der Waals surface area contributed by atoms with Gasteiger partial charge in [-0.25, -0.2) is 0 Å². The van der Waals surface area contributed by atoms with Crippen LogP contribution >= 0.6 is 54.8 Å². The van der Waals surface area contributed by atoms with Gasteiger partial charge in [-0.15, -0.1) is 11.3 Å². The zero-order valence-electron chi connectivity index (χ0n) is 12.2. The molecule has 0 spiro atoms. The smallest absolute Gasteiger partial charge is 0.130 e. The molecule has 0 bridgehead atoms. The number of halogens is 3. The fraction of sp³-hybridized carbons (Fsp3) is 0.500. The zero-order valence-corrected chi connectivity index (χ0v) is 17.0. The number of thiophene rings is 1. The van der Waals surface area contributed by atoms with Crippen molar-refractivity contribution in [1.29, 1.82) is 0 Å². The maximum atomic E-state index is 6.38. The second-order valence-electron chi connectivity index (χ2n) is 4.97. The number of nitrogens with one attached hydrogen (secondary N) is 1. The Balaban J connectivity index is 2.30. The molecule has 2 aromatic rings. The first-order valence-corrected chi connectivity index (χ1v) is 9.58. The van der Waals surface area contributed by atoms with Gasteiger partial charge in [0.15, 0.2) is 0 Å². The van der Waals surface area contributed by atoms with E-state index in [9.17, 15) is 0 Å². The molecule has 0 aliphatic carbocycles. The number of aromatic nitrogens is 2. The summed E-state index contributed by atoms with van der Waals surface area (Å²) in [6, 6.07) is 2.39. The van der Waals surface area contributed by atoms with Crippen LogP contribution in [-0.2, 0) is 13.5 Å². The molecular weight excluding hydrogens is 438 g/mol. The fourth-order valence-corrected chi connectivity index (χ4v) is 5.54. The van der Waals surface area contributed by atoms with Crippen LogP contribution in [0.5, 0.6) is 0 Å². The highest BCUT2D eigenvalue weighted by molar-refractivity contribution is 9.12. The zero-order chi connectivity index (χ0) is 15.6. The van der Waals surface area contributed by atoms with Crippen LogP contribution in [0, 0.1) is 6.92 Å². The number of rotatable bonds is 6. The molecule has 0 aliphatic rings. The lowest BCUT2D eigenvalue weighted by atomic mass is 10.0. The van der Waals surface area contributed by atoms with Crippen molar-refractivity contribution in [1.82, 2.24) is 15.1 Å². The van der Waals surface area contributed by atoms with Crippen molar-refractivity contribution >= 4 is 54.8 Å². The lowest BCUT2D eigenvalue weighted by molar-refractivity contribution is 0.528. The molecule has 0 fully saturated rings. The van der Waals surface area contributed by atoms with E-state index in [0.717, 1.165) is 43.4 Å². The largest absolute Gasteiger partial charge is 0.310 e. The van der Waals surface area contributed by atoms with Crippen LogP contribution in [-0.4, -0.2) is 16.3 Å². The van der Waals surface area contributed by atoms with Crippen molar-refractivity contribution in [2.24, 2.45) is 7.05 Å². The highest BCUT2D eigenvalue weighted by atomic mass is 79.9. The molecule has 0 aromatic carbocycles. The van der Waals surface area contributed by atoms with E-state index >= 15 is 0 Å². The Hall–Kier alpha value is 0.120. The van der Waals surface area contributed by atoms with E-state index in [-0.39, 0.29) is 6.04 Å². The van der Waals surface area contributed by atoms with E-state index in [1.165, 1.54) is 5.56 Å². The predicted molar refractivity (Wildman–Crippen MR) is 97.4 cm³/mol. The van der Waals surface area contributed by atoms with E-state index in [2.05, 4.69) is 55.3 Å². The molecule has 1 atom stereocenters. The van der Waals surface area contributed by atoms with Crippen LogP contribution in [0.4, 0.5) is 0 Å². The topological polar surface area (TPSA) is 29.9 Å². The monoisotopic (exact) mass is 453 g/mol. The first-order chi connectivity index (χ1) is 9.93. The van der Waals surface area contributed by atoms with Crippen molar-refractivity contribution in [2.45, 2.75) is 32.7 Å². The summed E-state index contributed by atoms with van der Waals surface area (Å²) in [7, 11) is 1.88. The van der Waals surface area contributed by atoms with Gasteiger partial charge in [-0.1, -0.05) is 18.5 Å². The molecule has 1 unspecified atom stereocenters. The van der Waals surface area contributed by atoms with E-state index < -0.39 is 0 Å². The predicted octanol–water partition coefficient (Wildman–Crippen LogP) is 5.25. The minimum Gasteiger partial charge on any atom is -0.310 e. The van der Waals surface area contributed by atoms with Crippen LogP contribution in [0.15, 0.2) is 13.6 Å². The summed E-state index contributed by atoms with van der Waals surface area (Å²) in [5, 5.41) is 8.74. The molecule has 7 heteroatoms. The molecule has 0 radical (unpaired) electrons. The molecule has 0 saturated heterocycles. The number of aryl methyl sites for hydroxylation is 2. The molecule has 2 aromatic heterocycles. The van der Waals surface area contributed by atoms with Crippen molar-refractivity contribution in [3.63, 3.8) is 0 Å². The number of hydrogen-bond acceptors (Lipinski definition) is 3. The SMILES string of the molecule is CCCNC(Cc1c(C)nn(C)c1Cl)c1cc(Br)sc1Br.